The lowest BCUT2D eigenvalue weighted by atomic mass is 9.91. The molecule has 9 heteroatoms. The van der Waals surface area contributed by atoms with Gasteiger partial charge in [0.2, 0.25) is 5.60 Å². The summed E-state index contributed by atoms with van der Waals surface area (Å²) in [5, 5.41) is -0.572. The van der Waals surface area contributed by atoms with Crippen molar-refractivity contribution in [3.8, 4) is 0 Å². The minimum Gasteiger partial charge on any atom is -0.276 e. The fourth-order valence-corrected chi connectivity index (χ4v) is 3.19. The second-order valence-electron chi connectivity index (χ2n) is 5.50. The minimum atomic E-state index is -4.79. The number of carbonyl (C=O) groups excluding carboxylic acids is 1. The van der Waals surface area contributed by atoms with E-state index in [-0.39, 0.29) is 26.9 Å². The van der Waals surface area contributed by atoms with Gasteiger partial charge in [0, 0.05) is 21.2 Å². The van der Waals surface area contributed by atoms with Crippen LogP contribution in [0.4, 0.5) is 13.2 Å². The Morgan fingerprint density at radius 3 is 2.12 bits per heavy atom. The fourth-order valence-electron chi connectivity index (χ4n) is 2.53. The van der Waals surface area contributed by atoms with Crippen LogP contribution in [-0.4, -0.2) is 11.4 Å². The topological polar surface area (TPSA) is 38.3 Å². The van der Waals surface area contributed by atoms with Gasteiger partial charge in [-0.1, -0.05) is 35.3 Å². The molecule has 2 aromatic rings. The Labute approximate surface area is 161 Å². The third-order valence-electron chi connectivity index (χ3n) is 3.80. The maximum atomic E-state index is 13.9. The van der Waals surface area contributed by atoms with Crippen molar-refractivity contribution in [2.75, 3.05) is 0 Å². The lowest BCUT2D eigenvalue weighted by Crippen LogP contribution is -2.42. The molecule has 1 aliphatic heterocycles. The molecule has 0 spiro atoms. The van der Waals surface area contributed by atoms with Crippen LogP contribution in [0.25, 0.3) is 5.70 Å². The van der Waals surface area contributed by atoms with Gasteiger partial charge in [-0.3, -0.25) is 15.1 Å². The van der Waals surface area contributed by atoms with Gasteiger partial charge in [0.05, 0.1) is 5.70 Å². The summed E-state index contributed by atoms with van der Waals surface area (Å²) in [6.07, 6.45) is -3.89. The molecule has 136 valence electrons. The van der Waals surface area contributed by atoms with Crippen LogP contribution in [-0.2, 0) is 10.4 Å². The Bertz CT molecular complexity index is 877. The van der Waals surface area contributed by atoms with E-state index in [0.717, 1.165) is 18.2 Å². The number of hydrogen-bond donors (Lipinski definition) is 1. The Hall–Kier alpha value is -1.73. The van der Waals surface area contributed by atoms with E-state index in [1.807, 2.05) is 0 Å². The van der Waals surface area contributed by atoms with Crippen molar-refractivity contribution in [1.29, 1.82) is 0 Å². The second kappa shape index (κ2) is 6.78. The summed E-state index contributed by atoms with van der Waals surface area (Å²) in [5.41, 5.74) is -0.0613. The zero-order chi connectivity index (χ0) is 19.1. The lowest BCUT2D eigenvalue weighted by molar-refractivity contribution is -0.269. The molecule has 1 N–H and O–H groups in total. The Kier molecular flexibility index (Phi) is 4.96. The van der Waals surface area contributed by atoms with Gasteiger partial charge in [0.1, 0.15) is 0 Å². The molecule has 0 fully saturated rings. The average Bonchev–Trinajstić information content (AvgIpc) is 3.00. The quantitative estimate of drug-likeness (QED) is 0.644. The van der Waals surface area contributed by atoms with Crippen molar-refractivity contribution in [1.82, 2.24) is 5.48 Å². The summed E-state index contributed by atoms with van der Waals surface area (Å²) < 4.78 is 41.6. The SMILES string of the molecule is O=C(Cl)c1ccc(C2=CC(c3cc(Cl)cc(Cl)c3)(C(F)(F)F)ON2)cc1. The summed E-state index contributed by atoms with van der Waals surface area (Å²) >= 11 is 17.1. The highest BCUT2D eigenvalue weighted by atomic mass is 35.5. The third kappa shape index (κ3) is 3.42. The highest BCUT2D eigenvalue weighted by molar-refractivity contribution is 6.67. The summed E-state index contributed by atoms with van der Waals surface area (Å²) in [6.45, 7) is 0. The zero-order valence-corrected chi connectivity index (χ0v) is 15.0. The maximum absolute atomic E-state index is 13.9. The van der Waals surface area contributed by atoms with E-state index in [1.165, 1.54) is 30.3 Å². The monoisotopic (exact) mass is 421 g/mol. The van der Waals surface area contributed by atoms with E-state index in [0.29, 0.717) is 5.56 Å². The first-order chi connectivity index (χ1) is 12.1. The molecule has 2 aromatic carbocycles. The number of halogens is 6. The van der Waals surface area contributed by atoms with Crippen LogP contribution in [0.2, 0.25) is 10.0 Å². The molecule has 0 saturated carbocycles. The van der Waals surface area contributed by atoms with Gasteiger partial charge < -0.3 is 0 Å². The number of hydrogen-bond acceptors (Lipinski definition) is 3. The van der Waals surface area contributed by atoms with E-state index in [4.69, 9.17) is 39.6 Å². The molecule has 0 saturated heterocycles. The molecule has 3 nitrogen and oxygen atoms in total. The van der Waals surface area contributed by atoms with Crippen molar-refractivity contribution in [2.24, 2.45) is 0 Å². The molecule has 0 aromatic heterocycles. The molecule has 1 atom stereocenters. The van der Waals surface area contributed by atoms with Crippen LogP contribution in [0, 0.1) is 0 Å². The van der Waals surface area contributed by atoms with E-state index < -0.39 is 17.0 Å². The minimum absolute atomic E-state index is 0.0477. The molecule has 0 bridgehead atoms. The Morgan fingerprint density at radius 2 is 1.62 bits per heavy atom. The molecule has 3 rings (SSSR count). The van der Waals surface area contributed by atoms with Crippen LogP contribution in [0.15, 0.2) is 48.5 Å². The number of nitrogens with one attached hydrogen (secondary N) is 1. The average molecular weight is 423 g/mol. The predicted octanol–water partition coefficient (Wildman–Crippen LogP) is 5.71. The van der Waals surface area contributed by atoms with Crippen molar-refractivity contribution in [2.45, 2.75) is 11.8 Å². The van der Waals surface area contributed by atoms with Crippen LogP contribution < -0.4 is 5.48 Å². The molecular weight excluding hydrogens is 414 g/mol. The molecule has 26 heavy (non-hydrogen) atoms. The highest BCUT2D eigenvalue weighted by Crippen LogP contribution is 2.48. The summed E-state index contributed by atoms with van der Waals surface area (Å²) in [4.78, 5) is 16.1. The van der Waals surface area contributed by atoms with E-state index >= 15 is 0 Å². The molecule has 0 radical (unpaired) electrons. The van der Waals surface area contributed by atoms with Crippen LogP contribution in [0.3, 0.4) is 0 Å². The molecule has 1 aliphatic rings. The molecular formula is C17H9Cl3F3NO2. The molecule has 0 aliphatic carbocycles. The standard InChI is InChI=1S/C17H9Cl3F3NO2/c18-12-5-11(6-13(19)7-12)16(17(21,22)23)8-14(24-26-16)9-1-3-10(4-2-9)15(20)25/h1-8,24H. The first-order valence-corrected chi connectivity index (χ1v) is 8.26. The van der Waals surface area contributed by atoms with Gasteiger partial charge in [0.15, 0.2) is 0 Å². The van der Waals surface area contributed by atoms with E-state index in [2.05, 4.69) is 5.48 Å². The molecule has 1 unspecified atom stereocenters. The van der Waals surface area contributed by atoms with E-state index in [1.54, 1.807) is 0 Å². The van der Waals surface area contributed by atoms with Crippen molar-refractivity contribution >= 4 is 45.7 Å². The van der Waals surface area contributed by atoms with Gasteiger partial charge in [-0.15, -0.1) is 0 Å². The molecule has 0 amide bonds. The second-order valence-corrected chi connectivity index (χ2v) is 6.72. The lowest BCUT2D eigenvalue weighted by Gasteiger charge is -2.28. The Balaban J connectivity index is 2.09. The number of alkyl halides is 3. The predicted molar refractivity (Wildman–Crippen MR) is 93.0 cm³/mol. The van der Waals surface area contributed by atoms with E-state index in [9.17, 15) is 18.0 Å². The first-order valence-electron chi connectivity index (χ1n) is 7.13. The summed E-state index contributed by atoms with van der Waals surface area (Å²) in [5.74, 6) is 0. The fraction of sp³-hybridized carbons (Fsp3) is 0.118. The van der Waals surface area contributed by atoms with Gasteiger partial charge >= 0.3 is 6.18 Å². The number of benzene rings is 2. The van der Waals surface area contributed by atoms with Crippen molar-refractivity contribution in [3.63, 3.8) is 0 Å². The summed E-state index contributed by atoms with van der Waals surface area (Å²) in [7, 11) is 0. The van der Waals surface area contributed by atoms with Gasteiger partial charge in [0.25, 0.3) is 5.24 Å². The third-order valence-corrected chi connectivity index (χ3v) is 4.46. The van der Waals surface area contributed by atoms with Crippen molar-refractivity contribution in [3.05, 3.63) is 75.3 Å². The van der Waals surface area contributed by atoms with Crippen LogP contribution in [0.5, 0.6) is 0 Å². The number of rotatable bonds is 3. The van der Waals surface area contributed by atoms with Crippen LogP contribution in [0.1, 0.15) is 21.5 Å². The number of carbonyl (C=O) groups is 1. The first kappa shape index (κ1) is 19.0. The zero-order valence-electron chi connectivity index (χ0n) is 12.7. The number of hydroxylamine groups is 1. The highest BCUT2D eigenvalue weighted by Gasteiger charge is 2.59. The normalized spacial score (nSPS) is 19.8. The van der Waals surface area contributed by atoms with Crippen LogP contribution >= 0.6 is 34.8 Å². The van der Waals surface area contributed by atoms with Gasteiger partial charge in [-0.05, 0) is 53.6 Å². The Morgan fingerprint density at radius 1 is 1.04 bits per heavy atom. The maximum Gasteiger partial charge on any atom is 0.428 e. The smallest absolute Gasteiger partial charge is 0.276 e. The van der Waals surface area contributed by atoms with Crippen molar-refractivity contribution < 1.29 is 22.8 Å². The summed E-state index contributed by atoms with van der Waals surface area (Å²) in [6, 6.07) is 9.30. The van der Waals surface area contributed by atoms with Gasteiger partial charge in [-0.25, -0.2) is 0 Å². The van der Waals surface area contributed by atoms with Gasteiger partial charge in [-0.2, -0.15) is 13.2 Å². The largest absolute Gasteiger partial charge is 0.428 e. The molecule has 1 heterocycles.